The van der Waals surface area contributed by atoms with Gasteiger partial charge in [-0.15, -0.1) is 0 Å². The molecule has 0 bridgehead atoms. The average molecular weight is 228 g/mol. The van der Waals surface area contributed by atoms with E-state index in [0.717, 1.165) is 5.69 Å². The second-order valence-electron chi connectivity index (χ2n) is 3.34. The number of thiol groups is 1. The average Bonchev–Trinajstić information content (AvgIpc) is 2.47. The minimum Gasteiger partial charge on any atom is -0.311 e. The van der Waals surface area contributed by atoms with E-state index in [-0.39, 0.29) is 11.2 Å². The number of amides is 1. The van der Waals surface area contributed by atoms with Gasteiger partial charge in [0.25, 0.3) is 0 Å². The molecule has 0 aromatic heterocycles. The maximum Gasteiger partial charge on any atom is 0.228 e. The molecule has 1 amide bonds. The first kappa shape index (κ1) is 9.87. The first-order valence-electron chi connectivity index (χ1n) is 4.41. The molecule has 0 radical (unpaired) electrons. The van der Waals surface area contributed by atoms with Crippen molar-refractivity contribution < 1.29 is 4.79 Å². The molecule has 14 heavy (non-hydrogen) atoms. The van der Waals surface area contributed by atoms with Gasteiger partial charge in [-0.25, -0.2) is 0 Å². The monoisotopic (exact) mass is 227 g/mol. The first-order valence-corrected chi connectivity index (χ1v) is 5.30. The lowest BCUT2D eigenvalue weighted by Crippen LogP contribution is -2.24. The van der Waals surface area contributed by atoms with E-state index in [4.69, 9.17) is 11.6 Å². The lowest BCUT2D eigenvalue weighted by Gasteiger charge is -2.15. The maximum atomic E-state index is 11.5. The van der Waals surface area contributed by atoms with E-state index in [1.54, 1.807) is 17.0 Å². The maximum absolute atomic E-state index is 11.5. The Morgan fingerprint density at radius 3 is 2.50 bits per heavy atom. The molecule has 2 rings (SSSR count). The molecule has 2 nitrogen and oxygen atoms in total. The number of benzene rings is 1. The van der Waals surface area contributed by atoms with Gasteiger partial charge in [-0.2, -0.15) is 12.6 Å². The van der Waals surface area contributed by atoms with Crippen LogP contribution in [0.25, 0.3) is 0 Å². The lowest BCUT2D eigenvalue weighted by atomic mass is 10.3. The number of hydrogen-bond acceptors (Lipinski definition) is 2. The highest BCUT2D eigenvalue weighted by atomic mass is 35.5. The van der Waals surface area contributed by atoms with E-state index in [9.17, 15) is 4.79 Å². The van der Waals surface area contributed by atoms with Crippen LogP contribution in [-0.4, -0.2) is 17.7 Å². The highest BCUT2D eigenvalue weighted by Crippen LogP contribution is 2.24. The first-order chi connectivity index (χ1) is 6.66. The highest BCUT2D eigenvalue weighted by Gasteiger charge is 2.27. The molecule has 1 heterocycles. The highest BCUT2D eigenvalue weighted by molar-refractivity contribution is 7.81. The van der Waals surface area contributed by atoms with Crippen LogP contribution in [-0.2, 0) is 4.79 Å². The predicted molar refractivity (Wildman–Crippen MR) is 61.2 cm³/mol. The third kappa shape index (κ3) is 1.88. The fourth-order valence-corrected chi connectivity index (χ4v) is 2.00. The molecule has 1 atom stereocenters. The standard InChI is InChI=1S/C10H10ClNOS/c11-7-1-3-8(4-2-7)12-6-9(14)5-10(12)13/h1-4,9,14H,5-6H2. The second-order valence-corrected chi connectivity index (χ2v) is 4.51. The minimum absolute atomic E-state index is 0.132. The van der Waals surface area contributed by atoms with Crippen LogP contribution in [0.5, 0.6) is 0 Å². The van der Waals surface area contributed by atoms with Gasteiger partial charge in [0.15, 0.2) is 0 Å². The van der Waals surface area contributed by atoms with Crippen LogP contribution in [0, 0.1) is 0 Å². The molecular weight excluding hydrogens is 218 g/mol. The molecule has 1 fully saturated rings. The summed E-state index contributed by atoms with van der Waals surface area (Å²) < 4.78 is 0. The van der Waals surface area contributed by atoms with Gasteiger partial charge in [0, 0.05) is 28.9 Å². The Hall–Kier alpha value is -0.670. The fourth-order valence-electron chi connectivity index (χ4n) is 1.56. The van der Waals surface area contributed by atoms with E-state index < -0.39 is 0 Å². The molecule has 1 aromatic rings. The molecule has 1 unspecified atom stereocenters. The molecule has 0 spiro atoms. The van der Waals surface area contributed by atoms with Crippen LogP contribution in [0.1, 0.15) is 6.42 Å². The molecule has 1 aliphatic heterocycles. The zero-order valence-electron chi connectivity index (χ0n) is 7.48. The van der Waals surface area contributed by atoms with E-state index in [1.165, 1.54) is 0 Å². The number of halogens is 1. The van der Waals surface area contributed by atoms with Crippen molar-refractivity contribution in [3.8, 4) is 0 Å². The number of carbonyl (C=O) groups is 1. The van der Waals surface area contributed by atoms with E-state index in [1.807, 2.05) is 12.1 Å². The van der Waals surface area contributed by atoms with Crippen LogP contribution in [0.2, 0.25) is 5.02 Å². The van der Waals surface area contributed by atoms with E-state index >= 15 is 0 Å². The van der Waals surface area contributed by atoms with Crippen molar-refractivity contribution in [2.24, 2.45) is 0 Å². The van der Waals surface area contributed by atoms with Crippen molar-refractivity contribution in [1.82, 2.24) is 0 Å². The SMILES string of the molecule is O=C1CC(S)CN1c1ccc(Cl)cc1. The van der Waals surface area contributed by atoms with E-state index in [0.29, 0.717) is 18.0 Å². The molecule has 1 aromatic carbocycles. The Morgan fingerprint density at radius 2 is 2.00 bits per heavy atom. The zero-order valence-corrected chi connectivity index (χ0v) is 9.13. The van der Waals surface area contributed by atoms with Gasteiger partial charge in [0.2, 0.25) is 5.91 Å². The Morgan fingerprint density at radius 1 is 1.36 bits per heavy atom. The summed E-state index contributed by atoms with van der Waals surface area (Å²) in [6.45, 7) is 0.684. The third-order valence-electron chi connectivity index (χ3n) is 2.24. The topological polar surface area (TPSA) is 20.3 Å². The Bertz CT molecular complexity index is 352. The van der Waals surface area contributed by atoms with Crippen molar-refractivity contribution >= 4 is 35.8 Å². The molecule has 74 valence electrons. The van der Waals surface area contributed by atoms with Crippen molar-refractivity contribution in [1.29, 1.82) is 0 Å². The van der Waals surface area contributed by atoms with Gasteiger partial charge in [0.05, 0.1) is 0 Å². The smallest absolute Gasteiger partial charge is 0.228 e. The van der Waals surface area contributed by atoms with Gasteiger partial charge < -0.3 is 4.90 Å². The van der Waals surface area contributed by atoms with Crippen molar-refractivity contribution in [3.05, 3.63) is 29.3 Å². The fraction of sp³-hybridized carbons (Fsp3) is 0.300. The Labute approximate surface area is 93.3 Å². The number of nitrogens with zero attached hydrogens (tertiary/aromatic N) is 1. The van der Waals surface area contributed by atoms with Gasteiger partial charge in [0.1, 0.15) is 0 Å². The second kappa shape index (κ2) is 3.83. The summed E-state index contributed by atoms with van der Waals surface area (Å²) in [5.74, 6) is 0.132. The number of carbonyl (C=O) groups excluding carboxylic acids is 1. The van der Waals surface area contributed by atoms with Gasteiger partial charge >= 0.3 is 0 Å². The summed E-state index contributed by atoms with van der Waals surface area (Å²) in [4.78, 5) is 13.3. The largest absolute Gasteiger partial charge is 0.311 e. The van der Waals surface area contributed by atoms with Crippen LogP contribution in [0.3, 0.4) is 0 Å². The summed E-state index contributed by atoms with van der Waals surface area (Å²) in [7, 11) is 0. The van der Waals surface area contributed by atoms with Gasteiger partial charge in [-0.1, -0.05) is 11.6 Å². The zero-order chi connectivity index (χ0) is 10.1. The van der Waals surface area contributed by atoms with Crippen LogP contribution in [0.4, 0.5) is 5.69 Å². The van der Waals surface area contributed by atoms with Crippen LogP contribution in [0.15, 0.2) is 24.3 Å². The molecule has 1 aliphatic rings. The summed E-state index contributed by atoms with van der Waals surface area (Å²) in [6, 6.07) is 7.28. The minimum atomic E-state index is 0.132. The molecule has 0 aliphatic carbocycles. The predicted octanol–water partition coefficient (Wildman–Crippen LogP) is 2.38. The normalized spacial score (nSPS) is 21.7. The number of anilines is 1. The quantitative estimate of drug-likeness (QED) is 0.731. The summed E-state index contributed by atoms with van der Waals surface area (Å²) in [5, 5.41) is 0.834. The number of hydrogen-bond donors (Lipinski definition) is 1. The molecule has 0 saturated carbocycles. The Balaban J connectivity index is 2.23. The van der Waals surface area contributed by atoms with Gasteiger partial charge in [-0.3, -0.25) is 4.79 Å². The van der Waals surface area contributed by atoms with Crippen molar-refractivity contribution in [2.75, 3.05) is 11.4 Å². The molecule has 1 saturated heterocycles. The third-order valence-corrected chi connectivity index (χ3v) is 2.84. The molecule has 4 heteroatoms. The Kier molecular flexibility index (Phi) is 2.70. The number of rotatable bonds is 1. The summed E-state index contributed by atoms with van der Waals surface area (Å²) in [5.41, 5.74) is 0.899. The lowest BCUT2D eigenvalue weighted by molar-refractivity contribution is -0.117. The van der Waals surface area contributed by atoms with Gasteiger partial charge in [-0.05, 0) is 24.3 Å². The summed E-state index contributed by atoms with van der Waals surface area (Å²) >= 11 is 10.1. The van der Waals surface area contributed by atoms with Crippen LogP contribution >= 0.6 is 24.2 Å². The molecular formula is C10H10ClNOS. The van der Waals surface area contributed by atoms with Crippen molar-refractivity contribution in [2.45, 2.75) is 11.7 Å². The molecule has 0 N–H and O–H groups in total. The van der Waals surface area contributed by atoms with Crippen LogP contribution < -0.4 is 4.90 Å². The summed E-state index contributed by atoms with van der Waals surface area (Å²) in [6.07, 6.45) is 0.520. The van der Waals surface area contributed by atoms with E-state index in [2.05, 4.69) is 12.6 Å². The van der Waals surface area contributed by atoms with Crippen molar-refractivity contribution in [3.63, 3.8) is 0 Å².